The molecule has 0 aromatic heterocycles. The highest BCUT2D eigenvalue weighted by atomic mass is 16.5. The predicted molar refractivity (Wildman–Crippen MR) is 119 cm³/mol. The van der Waals surface area contributed by atoms with Crippen molar-refractivity contribution in [3.63, 3.8) is 0 Å². The van der Waals surface area contributed by atoms with Crippen LogP contribution in [0.25, 0.3) is 0 Å². The van der Waals surface area contributed by atoms with E-state index in [1.54, 1.807) is 30.0 Å². The van der Waals surface area contributed by atoms with Crippen LogP contribution in [-0.4, -0.2) is 30.2 Å². The van der Waals surface area contributed by atoms with E-state index in [-0.39, 0.29) is 30.7 Å². The fourth-order valence-electron chi connectivity index (χ4n) is 4.19. The smallest absolute Gasteiger partial charge is 0.316 e. The Morgan fingerprint density at radius 3 is 2.31 bits per heavy atom. The molecule has 0 aliphatic carbocycles. The van der Waals surface area contributed by atoms with Crippen LogP contribution in [0.2, 0.25) is 0 Å². The number of imide groups is 1. The minimum absolute atomic E-state index is 0.0994. The van der Waals surface area contributed by atoms with Crippen molar-refractivity contribution in [2.45, 2.75) is 46.0 Å². The van der Waals surface area contributed by atoms with E-state index >= 15 is 0 Å². The Balaban J connectivity index is 1.43. The van der Waals surface area contributed by atoms with Gasteiger partial charge in [0.15, 0.2) is 0 Å². The molecule has 4 rings (SSSR count). The summed E-state index contributed by atoms with van der Waals surface area (Å²) in [6.45, 7) is 4.11. The predicted octanol–water partition coefficient (Wildman–Crippen LogP) is 3.56. The van der Waals surface area contributed by atoms with E-state index in [0.717, 1.165) is 12.1 Å². The first-order valence-electron chi connectivity index (χ1n) is 10.9. The van der Waals surface area contributed by atoms with E-state index in [9.17, 15) is 19.2 Å². The lowest BCUT2D eigenvalue weighted by molar-refractivity contribution is -0.139. The van der Waals surface area contributed by atoms with Gasteiger partial charge in [-0.15, -0.1) is 0 Å². The fourth-order valence-corrected chi connectivity index (χ4v) is 4.19. The second-order valence-corrected chi connectivity index (χ2v) is 8.27. The average molecular weight is 434 g/mol. The SMILES string of the molecule is CCc1ccc(N2C[C@@H](C(=O)Oc3ccc(N4C(=O)CCCC4=O)c(C)c3)CC2=O)cc1. The fraction of sp³-hybridized carbons (Fsp3) is 0.360. The largest absolute Gasteiger partial charge is 0.426 e. The molecule has 166 valence electrons. The van der Waals surface area contributed by atoms with Crippen molar-refractivity contribution in [2.75, 3.05) is 16.3 Å². The highest BCUT2D eigenvalue weighted by Gasteiger charge is 2.36. The minimum atomic E-state index is -0.557. The number of carbonyl (C=O) groups excluding carboxylic acids is 4. The standard InChI is InChI=1S/C25H26N2O5/c1-3-17-7-9-19(10-8-17)26-15-18(14-24(26)30)25(31)32-20-11-12-21(16(2)13-20)27-22(28)5-4-6-23(27)29/h7-13,18H,3-6,14-15H2,1-2H3/t18-/m0/s1. The number of esters is 1. The molecule has 2 fully saturated rings. The van der Waals surface area contributed by atoms with Crippen LogP contribution in [0.4, 0.5) is 11.4 Å². The molecule has 0 radical (unpaired) electrons. The van der Waals surface area contributed by atoms with Gasteiger partial charge in [-0.1, -0.05) is 19.1 Å². The summed E-state index contributed by atoms with van der Waals surface area (Å²) >= 11 is 0. The van der Waals surface area contributed by atoms with Gasteiger partial charge in [0, 0.05) is 31.5 Å². The Bertz CT molecular complexity index is 1060. The summed E-state index contributed by atoms with van der Waals surface area (Å²) in [6, 6.07) is 12.6. The van der Waals surface area contributed by atoms with Crippen molar-refractivity contribution in [1.82, 2.24) is 0 Å². The van der Waals surface area contributed by atoms with Gasteiger partial charge in [-0.25, -0.2) is 0 Å². The van der Waals surface area contributed by atoms with Gasteiger partial charge in [-0.2, -0.15) is 0 Å². The third-order valence-electron chi connectivity index (χ3n) is 6.02. The Morgan fingerprint density at radius 1 is 1.00 bits per heavy atom. The van der Waals surface area contributed by atoms with Gasteiger partial charge in [0.1, 0.15) is 5.75 Å². The monoisotopic (exact) mass is 434 g/mol. The molecule has 32 heavy (non-hydrogen) atoms. The van der Waals surface area contributed by atoms with Gasteiger partial charge < -0.3 is 9.64 Å². The van der Waals surface area contributed by atoms with Gasteiger partial charge in [-0.3, -0.25) is 24.1 Å². The van der Waals surface area contributed by atoms with Crippen LogP contribution in [-0.2, 0) is 25.6 Å². The lowest BCUT2D eigenvalue weighted by atomic mass is 10.1. The first-order chi connectivity index (χ1) is 15.4. The first-order valence-corrected chi connectivity index (χ1v) is 10.9. The summed E-state index contributed by atoms with van der Waals surface area (Å²) in [6.07, 6.45) is 2.27. The van der Waals surface area contributed by atoms with Crippen molar-refractivity contribution in [1.29, 1.82) is 0 Å². The zero-order valence-corrected chi connectivity index (χ0v) is 18.3. The number of hydrogen-bond acceptors (Lipinski definition) is 5. The number of aryl methyl sites for hydroxylation is 2. The number of piperidine rings is 1. The molecule has 7 nitrogen and oxygen atoms in total. The number of benzene rings is 2. The molecular weight excluding hydrogens is 408 g/mol. The topological polar surface area (TPSA) is 84.0 Å². The third kappa shape index (κ3) is 4.28. The van der Waals surface area contributed by atoms with E-state index in [1.807, 2.05) is 24.3 Å². The molecule has 2 aliphatic heterocycles. The molecule has 2 heterocycles. The van der Waals surface area contributed by atoms with Crippen LogP contribution < -0.4 is 14.5 Å². The Labute approximate surface area is 187 Å². The summed E-state index contributed by atoms with van der Waals surface area (Å²) in [7, 11) is 0. The van der Waals surface area contributed by atoms with Crippen molar-refractivity contribution in [3.8, 4) is 5.75 Å². The average Bonchev–Trinajstić information content (AvgIpc) is 3.17. The van der Waals surface area contributed by atoms with Crippen molar-refractivity contribution in [2.24, 2.45) is 5.92 Å². The number of nitrogens with zero attached hydrogens (tertiary/aromatic N) is 2. The van der Waals surface area contributed by atoms with Crippen LogP contribution in [0.15, 0.2) is 42.5 Å². The maximum atomic E-state index is 12.7. The molecule has 2 aromatic rings. The second kappa shape index (κ2) is 8.94. The minimum Gasteiger partial charge on any atom is -0.426 e. The summed E-state index contributed by atoms with van der Waals surface area (Å²) in [4.78, 5) is 52.4. The molecule has 2 aromatic carbocycles. The maximum absolute atomic E-state index is 12.7. The molecule has 0 unspecified atom stereocenters. The van der Waals surface area contributed by atoms with Gasteiger partial charge >= 0.3 is 5.97 Å². The zero-order chi connectivity index (χ0) is 22.8. The Hall–Kier alpha value is -3.48. The Morgan fingerprint density at radius 2 is 1.69 bits per heavy atom. The zero-order valence-electron chi connectivity index (χ0n) is 18.3. The highest BCUT2D eigenvalue weighted by molar-refractivity contribution is 6.16. The number of anilines is 2. The molecule has 2 aliphatic rings. The normalized spacial score (nSPS) is 18.9. The van der Waals surface area contributed by atoms with Crippen LogP contribution in [0.1, 0.15) is 43.7 Å². The van der Waals surface area contributed by atoms with Crippen molar-refractivity contribution >= 4 is 35.1 Å². The number of carbonyl (C=O) groups is 4. The first kappa shape index (κ1) is 21.7. The molecule has 7 heteroatoms. The summed E-state index contributed by atoms with van der Waals surface area (Å²) in [5.74, 6) is -1.24. The molecule has 2 saturated heterocycles. The molecular formula is C25H26N2O5. The van der Waals surface area contributed by atoms with E-state index in [1.165, 1.54) is 10.5 Å². The maximum Gasteiger partial charge on any atom is 0.316 e. The lowest BCUT2D eigenvalue weighted by Gasteiger charge is -2.26. The Kier molecular flexibility index (Phi) is 6.08. The molecule has 0 N–H and O–H groups in total. The number of amides is 3. The van der Waals surface area contributed by atoms with Crippen LogP contribution >= 0.6 is 0 Å². The quantitative estimate of drug-likeness (QED) is 0.408. The van der Waals surface area contributed by atoms with Crippen molar-refractivity contribution in [3.05, 3.63) is 53.6 Å². The second-order valence-electron chi connectivity index (χ2n) is 8.27. The molecule has 3 amide bonds. The molecule has 0 bridgehead atoms. The van der Waals surface area contributed by atoms with E-state index in [4.69, 9.17) is 4.74 Å². The molecule has 0 saturated carbocycles. The van der Waals surface area contributed by atoms with Gasteiger partial charge in [0.05, 0.1) is 11.6 Å². The van der Waals surface area contributed by atoms with E-state index in [2.05, 4.69) is 6.92 Å². The molecule has 1 atom stereocenters. The summed E-state index contributed by atoms with van der Waals surface area (Å²) in [5.41, 5.74) is 3.14. The third-order valence-corrected chi connectivity index (χ3v) is 6.02. The van der Waals surface area contributed by atoms with Crippen LogP contribution in [0.3, 0.4) is 0 Å². The highest BCUT2D eigenvalue weighted by Crippen LogP contribution is 2.30. The van der Waals surface area contributed by atoms with Gasteiger partial charge in [0.25, 0.3) is 0 Å². The van der Waals surface area contributed by atoms with E-state index < -0.39 is 11.9 Å². The van der Waals surface area contributed by atoms with Crippen LogP contribution in [0, 0.1) is 12.8 Å². The van der Waals surface area contributed by atoms with Crippen molar-refractivity contribution < 1.29 is 23.9 Å². The van der Waals surface area contributed by atoms with Gasteiger partial charge in [0.2, 0.25) is 17.7 Å². The number of hydrogen-bond donors (Lipinski definition) is 0. The lowest BCUT2D eigenvalue weighted by Crippen LogP contribution is -2.40. The summed E-state index contributed by atoms with van der Waals surface area (Å²) < 4.78 is 5.54. The number of ether oxygens (including phenoxy) is 1. The van der Waals surface area contributed by atoms with Crippen LogP contribution in [0.5, 0.6) is 5.75 Å². The van der Waals surface area contributed by atoms with Gasteiger partial charge in [-0.05, 0) is 61.2 Å². The molecule has 0 spiro atoms. The summed E-state index contributed by atoms with van der Waals surface area (Å²) in [5, 5.41) is 0. The van der Waals surface area contributed by atoms with E-state index in [0.29, 0.717) is 36.3 Å². The number of rotatable bonds is 5.